The number of ether oxygens (including phenoxy) is 1. The molecule has 7 heteroatoms. The highest BCUT2D eigenvalue weighted by Crippen LogP contribution is 2.31. The predicted octanol–water partition coefficient (Wildman–Crippen LogP) is 1.36. The van der Waals surface area contributed by atoms with Crippen molar-refractivity contribution in [3.63, 3.8) is 0 Å². The zero-order valence-corrected chi connectivity index (χ0v) is 13.8. The van der Waals surface area contributed by atoms with E-state index < -0.39 is 5.60 Å². The summed E-state index contributed by atoms with van der Waals surface area (Å²) in [7, 11) is 1.64. The summed E-state index contributed by atoms with van der Waals surface area (Å²) >= 11 is 0. The average molecular weight is 317 g/mol. The van der Waals surface area contributed by atoms with Crippen molar-refractivity contribution in [2.75, 3.05) is 20.2 Å². The van der Waals surface area contributed by atoms with Gasteiger partial charge in [-0.05, 0) is 26.3 Å². The molecular weight excluding hydrogens is 294 g/mol. The number of hydrogen-bond donors (Lipinski definition) is 1. The molecular formula is C16H23N5O2. The highest BCUT2D eigenvalue weighted by molar-refractivity contribution is 5.22. The Hall–Kier alpha value is -1.99. The number of β-amino-alcohol motifs (C(OH)–C–C–N with tert-alkyl or cyclic N) is 1. The summed E-state index contributed by atoms with van der Waals surface area (Å²) in [5.74, 6) is 0.796. The topological polar surface area (TPSA) is 76.3 Å². The Kier molecular flexibility index (Phi) is 4.32. The summed E-state index contributed by atoms with van der Waals surface area (Å²) in [6, 6.07) is 3.99. The van der Waals surface area contributed by atoms with Crippen molar-refractivity contribution in [3.05, 3.63) is 35.9 Å². The van der Waals surface area contributed by atoms with Crippen molar-refractivity contribution in [1.29, 1.82) is 0 Å². The Bertz CT molecular complexity index is 672. The zero-order valence-electron chi connectivity index (χ0n) is 13.8. The number of pyridine rings is 1. The van der Waals surface area contributed by atoms with Crippen LogP contribution in [0.25, 0.3) is 0 Å². The molecule has 2 aromatic heterocycles. The first-order valence-corrected chi connectivity index (χ1v) is 7.86. The lowest BCUT2D eigenvalue weighted by Crippen LogP contribution is -2.31. The maximum Gasteiger partial charge on any atom is 0.124 e. The second-order valence-electron chi connectivity index (χ2n) is 6.36. The van der Waals surface area contributed by atoms with Crippen molar-refractivity contribution >= 4 is 0 Å². The number of methoxy groups -OCH3 is 1. The Balaban J connectivity index is 1.69. The van der Waals surface area contributed by atoms with Crippen LogP contribution in [0.1, 0.15) is 37.7 Å². The van der Waals surface area contributed by atoms with E-state index in [4.69, 9.17) is 4.74 Å². The van der Waals surface area contributed by atoms with Crippen LogP contribution in [0, 0.1) is 0 Å². The van der Waals surface area contributed by atoms with Crippen LogP contribution in [-0.2, 0) is 12.1 Å². The fourth-order valence-corrected chi connectivity index (χ4v) is 2.86. The van der Waals surface area contributed by atoms with Gasteiger partial charge in [0.05, 0.1) is 19.0 Å². The molecule has 124 valence electrons. The van der Waals surface area contributed by atoms with Gasteiger partial charge in [0.1, 0.15) is 17.0 Å². The van der Waals surface area contributed by atoms with E-state index in [0.29, 0.717) is 25.2 Å². The first-order chi connectivity index (χ1) is 11.0. The van der Waals surface area contributed by atoms with Gasteiger partial charge in [-0.25, -0.2) is 4.68 Å². The maximum absolute atomic E-state index is 10.9. The average Bonchev–Trinajstić information content (AvgIpc) is 3.16. The molecule has 3 heterocycles. The molecule has 0 radical (unpaired) electrons. The molecule has 3 rings (SSSR count). The van der Waals surface area contributed by atoms with Gasteiger partial charge in [0.15, 0.2) is 0 Å². The predicted molar refractivity (Wildman–Crippen MR) is 85.0 cm³/mol. The minimum atomic E-state index is -0.938. The van der Waals surface area contributed by atoms with E-state index >= 15 is 0 Å². The largest absolute Gasteiger partial charge is 0.497 e. The number of aliphatic hydroxyl groups is 1. The van der Waals surface area contributed by atoms with Crippen LogP contribution >= 0.6 is 0 Å². The smallest absolute Gasteiger partial charge is 0.124 e. The normalized spacial score (nSPS) is 22.0. The lowest BCUT2D eigenvalue weighted by Gasteiger charge is -2.21. The van der Waals surface area contributed by atoms with Crippen LogP contribution in [0.15, 0.2) is 24.5 Å². The molecule has 1 aliphatic rings. The first kappa shape index (κ1) is 15.9. The van der Waals surface area contributed by atoms with Crippen LogP contribution in [0.5, 0.6) is 5.75 Å². The summed E-state index contributed by atoms with van der Waals surface area (Å²) in [5.41, 5.74) is 0.637. The zero-order chi connectivity index (χ0) is 16.4. The van der Waals surface area contributed by atoms with E-state index in [2.05, 4.69) is 20.2 Å². The molecule has 0 aliphatic carbocycles. The molecule has 1 fully saturated rings. The van der Waals surface area contributed by atoms with Gasteiger partial charge >= 0.3 is 0 Å². The van der Waals surface area contributed by atoms with E-state index in [-0.39, 0.29) is 6.04 Å². The fourth-order valence-electron chi connectivity index (χ4n) is 2.86. The van der Waals surface area contributed by atoms with Gasteiger partial charge in [-0.15, -0.1) is 5.10 Å². The van der Waals surface area contributed by atoms with Gasteiger partial charge in [-0.2, -0.15) is 0 Å². The van der Waals surface area contributed by atoms with Crippen LogP contribution in [0.2, 0.25) is 0 Å². The molecule has 0 saturated carbocycles. The van der Waals surface area contributed by atoms with Gasteiger partial charge in [0, 0.05) is 37.9 Å². The van der Waals surface area contributed by atoms with Crippen molar-refractivity contribution in [1.82, 2.24) is 24.9 Å². The number of aromatic nitrogens is 4. The van der Waals surface area contributed by atoms with Gasteiger partial charge in [0.2, 0.25) is 0 Å². The fraction of sp³-hybridized carbons (Fsp3) is 0.562. The number of nitrogens with zero attached hydrogens (tertiary/aromatic N) is 5. The third-order valence-corrected chi connectivity index (χ3v) is 4.25. The summed E-state index contributed by atoms with van der Waals surface area (Å²) in [5, 5.41) is 19.2. The van der Waals surface area contributed by atoms with E-state index in [1.165, 1.54) is 0 Å². The van der Waals surface area contributed by atoms with E-state index in [1.807, 2.05) is 32.2 Å². The van der Waals surface area contributed by atoms with Gasteiger partial charge in [0.25, 0.3) is 0 Å². The first-order valence-electron chi connectivity index (χ1n) is 7.86. The molecule has 1 saturated heterocycles. The molecule has 0 amide bonds. The number of rotatable bonds is 5. The molecule has 1 aliphatic heterocycles. The minimum Gasteiger partial charge on any atom is -0.497 e. The van der Waals surface area contributed by atoms with E-state index in [1.54, 1.807) is 18.0 Å². The highest BCUT2D eigenvalue weighted by atomic mass is 16.5. The van der Waals surface area contributed by atoms with Crippen LogP contribution in [0.3, 0.4) is 0 Å². The van der Waals surface area contributed by atoms with Crippen LogP contribution < -0.4 is 4.74 Å². The van der Waals surface area contributed by atoms with E-state index in [0.717, 1.165) is 18.0 Å². The second-order valence-corrected chi connectivity index (χ2v) is 6.36. The summed E-state index contributed by atoms with van der Waals surface area (Å²) in [6.45, 7) is 6.08. The van der Waals surface area contributed by atoms with Crippen molar-refractivity contribution < 1.29 is 9.84 Å². The van der Waals surface area contributed by atoms with Crippen molar-refractivity contribution in [2.45, 2.75) is 38.5 Å². The third-order valence-electron chi connectivity index (χ3n) is 4.25. The molecule has 1 atom stereocenters. The quantitative estimate of drug-likeness (QED) is 0.897. The summed E-state index contributed by atoms with van der Waals surface area (Å²) < 4.78 is 7.00. The molecule has 2 aromatic rings. The number of likely N-dealkylation sites (tertiary alicyclic amines) is 1. The second kappa shape index (κ2) is 6.25. The Morgan fingerprint density at radius 3 is 2.96 bits per heavy atom. The van der Waals surface area contributed by atoms with Gasteiger partial charge < -0.3 is 9.84 Å². The Labute approximate surface area is 135 Å². The van der Waals surface area contributed by atoms with Crippen LogP contribution in [0.4, 0.5) is 0 Å². The molecule has 0 aromatic carbocycles. The number of hydrogen-bond acceptors (Lipinski definition) is 6. The van der Waals surface area contributed by atoms with E-state index in [9.17, 15) is 5.11 Å². The summed E-state index contributed by atoms with van der Waals surface area (Å²) in [4.78, 5) is 6.54. The SMILES string of the molecule is COc1ccnc(CN2CC[C@@](O)(c3cn(C(C)C)nn3)C2)c1. The molecule has 0 unspecified atom stereocenters. The lowest BCUT2D eigenvalue weighted by atomic mass is 10.00. The lowest BCUT2D eigenvalue weighted by molar-refractivity contribution is 0.0407. The van der Waals surface area contributed by atoms with Crippen molar-refractivity contribution in [3.8, 4) is 5.75 Å². The van der Waals surface area contributed by atoms with Crippen molar-refractivity contribution in [2.24, 2.45) is 0 Å². The van der Waals surface area contributed by atoms with Gasteiger partial charge in [-0.1, -0.05) is 5.21 Å². The summed E-state index contributed by atoms with van der Waals surface area (Å²) in [6.07, 6.45) is 4.23. The third kappa shape index (κ3) is 3.35. The molecule has 0 bridgehead atoms. The van der Waals surface area contributed by atoms with Gasteiger partial charge in [-0.3, -0.25) is 9.88 Å². The standard InChI is InChI=1S/C16H23N5O2/c1-12(2)21-10-15(18-19-21)16(22)5-7-20(11-16)9-13-8-14(23-3)4-6-17-13/h4,6,8,10,12,22H,5,7,9,11H2,1-3H3/t16-/m0/s1. The molecule has 7 nitrogen and oxygen atoms in total. The highest BCUT2D eigenvalue weighted by Gasteiger charge is 2.40. The molecule has 1 N–H and O–H groups in total. The Morgan fingerprint density at radius 1 is 1.43 bits per heavy atom. The Morgan fingerprint density at radius 2 is 2.26 bits per heavy atom. The molecule has 23 heavy (non-hydrogen) atoms. The monoisotopic (exact) mass is 317 g/mol. The van der Waals surface area contributed by atoms with Crippen LogP contribution in [-0.4, -0.2) is 50.2 Å². The minimum absolute atomic E-state index is 0.235. The maximum atomic E-state index is 10.9. The molecule has 0 spiro atoms.